The Balaban J connectivity index is 1.68. The third kappa shape index (κ3) is 2.63. The van der Waals surface area contributed by atoms with Gasteiger partial charge in [-0.15, -0.1) is 33.3 Å². The molecule has 0 spiro atoms. The quantitative estimate of drug-likeness (QED) is 0.672. The van der Waals surface area contributed by atoms with Crippen molar-refractivity contribution in [1.82, 2.24) is 10.2 Å². The largest absolute Gasteiger partial charge is 0.419 e. The maximum atomic E-state index is 5.62. The van der Waals surface area contributed by atoms with Gasteiger partial charge in [-0.1, -0.05) is 24.3 Å². The molecule has 3 aromatic rings. The summed E-state index contributed by atoms with van der Waals surface area (Å²) in [5.74, 6) is 1.96. The number of rotatable bonds is 4. The second kappa shape index (κ2) is 5.37. The lowest BCUT2D eigenvalue weighted by Gasteiger charge is -1.96. The van der Waals surface area contributed by atoms with Crippen molar-refractivity contribution in [1.29, 1.82) is 0 Å². The zero-order valence-electron chi connectivity index (χ0n) is 9.45. The average molecular weight is 274 g/mol. The molecule has 0 saturated carbocycles. The number of thioether (sulfide) groups is 1. The van der Waals surface area contributed by atoms with Gasteiger partial charge in [0.05, 0.1) is 10.6 Å². The Morgan fingerprint density at radius 1 is 1.06 bits per heavy atom. The van der Waals surface area contributed by atoms with Crippen molar-refractivity contribution >= 4 is 23.1 Å². The Bertz CT molecular complexity index is 605. The zero-order chi connectivity index (χ0) is 12.2. The van der Waals surface area contributed by atoms with Crippen LogP contribution < -0.4 is 0 Å². The van der Waals surface area contributed by atoms with Crippen LogP contribution in [0.5, 0.6) is 0 Å². The second-order valence-electron chi connectivity index (χ2n) is 3.58. The number of thiophene rings is 1. The summed E-state index contributed by atoms with van der Waals surface area (Å²) in [5.41, 5.74) is 0. The number of aromatic nitrogens is 2. The Morgan fingerprint density at radius 3 is 2.72 bits per heavy atom. The highest BCUT2D eigenvalue weighted by Crippen LogP contribution is 2.26. The third-order valence-corrected chi connectivity index (χ3v) is 4.16. The molecule has 0 saturated heterocycles. The maximum Gasteiger partial charge on any atom is 0.257 e. The van der Waals surface area contributed by atoms with Crippen molar-refractivity contribution in [3.63, 3.8) is 0 Å². The molecule has 0 atom stereocenters. The summed E-state index contributed by atoms with van der Waals surface area (Å²) in [6.07, 6.45) is 0. The maximum absolute atomic E-state index is 5.62. The van der Waals surface area contributed by atoms with E-state index >= 15 is 0 Å². The topological polar surface area (TPSA) is 38.9 Å². The van der Waals surface area contributed by atoms with Crippen LogP contribution in [0.25, 0.3) is 10.8 Å². The Labute approximate surface area is 113 Å². The van der Waals surface area contributed by atoms with Crippen LogP contribution in [0.2, 0.25) is 0 Å². The molecule has 0 N–H and O–H groups in total. The van der Waals surface area contributed by atoms with Crippen molar-refractivity contribution in [2.45, 2.75) is 10.6 Å². The second-order valence-corrected chi connectivity index (χ2v) is 5.58. The van der Waals surface area contributed by atoms with E-state index in [1.807, 2.05) is 35.7 Å². The van der Waals surface area contributed by atoms with Crippen molar-refractivity contribution < 1.29 is 4.42 Å². The normalized spacial score (nSPS) is 10.7. The van der Waals surface area contributed by atoms with Gasteiger partial charge in [0.1, 0.15) is 0 Å². The molecule has 5 heteroatoms. The van der Waals surface area contributed by atoms with Gasteiger partial charge < -0.3 is 4.42 Å². The highest BCUT2D eigenvalue weighted by Gasteiger charge is 2.09. The summed E-state index contributed by atoms with van der Waals surface area (Å²) in [7, 11) is 0. The van der Waals surface area contributed by atoms with Crippen LogP contribution in [-0.4, -0.2) is 10.2 Å². The standard InChI is InChI=1S/C13H10N2OS2/c1-2-5-10(6-3-1)18-9-12-14-15-13(16-12)11-7-4-8-17-11/h1-8H,9H2. The fourth-order valence-electron chi connectivity index (χ4n) is 1.47. The summed E-state index contributed by atoms with van der Waals surface area (Å²) in [6.45, 7) is 0. The fraction of sp³-hybridized carbons (Fsp3) is 0.0769. The van der Waals surface area contributed by atoms with Crippen molar-refractivity contribution in [3.05, 3.63) is 53.7 Å². The molecule has 0 fully saturated rings. The van der Waals surface area contributed by atoms with Crippen LogP contribution in [0.15, 0.2) is 57.2 Å². The van der Waals surface area contributed by atoms with Gasteiger partial charge in [0.15, 0.2) is 0 Å². The van der Waals surface area contributed by atoms with Gasteiger partial charge in [-0.3, -0.25) is 0 Å². The number of hydrogen-bond acceptors (Lipinski definition) is 5. The molecule has 3 nitrogen and oxygen atoms in total. The molecule has 0 aliphatic heterocycles. The smallest absolute Gasteiger partial charge is 0.257 e. The van der Waals surface area contributed by atoms with E-state index in [2.05, 4.69) is 22.3 Å². The van der Waals surface area contributed by atoms with Crippen molar-refractivity contribution in [3.8, 4) is 10.8 Å². The molecule has 2 heterocycles. The minimum atomic E-state index is 0.605. The average Bonchev–Trinajstić information content (AvgIpc) is 3.08. The van der Waals surface area contributed by atoms with Gasteiger partial charge in [0.2, 0.25) is 5.89 Å². The lowest BCUT2D eigenvalue weighted by Crippen LogP contribution is -1.79. The lowest BCUT2D eigenvalue weighted by atomic mass is 10.4. The highest BCUT2D eigenvalue weighted by molar-refractivity contribution is 7.98. The van der Waals surface area contributed by atoms with Crippen LogP contribution in [0.4, 0.5) is 0 Å². The number of nitrogens with zero attached hydrogens (tertiary/aromatic N) is 2. The molecule has 2 aromatic heterocycles. The molecule has 0 unspecified atom stereocenters. The van der Waals surface area contributed by atoms with Crippen LogP contribution in [-0.2, 0) is 5.75 Å². The summed E-state index contributed by atoms with van der Waals surface area (Å²) in [4.78, 5) is 2.21. The molecule has 0 bridgehead atoms. The van der Waals surface area contributed by atoms with Gasteiger partial charge in [0, 0.05) is 4.90 Å². The molecular weight excluding hydrogens is 264 g/mol. The minimum Gasteiger partial charge on any atom is -0.419 e. The van der Waals surface area contributed by atoms with E-state index < -0.39 is 0 Å². The monoisotopic (exact) mass is 274 g/mol. The molecule has 0 aliphatic carbocycles. The lowest BCUT2D eigenvalue weighted by molar-refractivity contribution is 0.529. The Hall–Kier alpha value is -1.59. The molecule has 1 aromatic carbocycles. The van der Waals surface area contributed by atoms with Gasteiger partial charge in [-0.2, -0.15) is 0 Å². The molecule has 0 radical (unpaired) electrons. The van der Waals surface area contributed by atoms with Crippen molar-refractivity contribution in [2.75, 3.05) is 0 Å². The first-order chi connectivity index (χ1) is 8.92. The van der Waals surface area contributed by atoms with E-state index in [9.17, 15) is 0 Å². The predicted molar refractivity (Wildman–Crippen MR) is 73.6 cm³/mol. The molecule has 18 heavy (non-hydrogen) atoms. The summed E-state index contributed by atoms with van der Waals surface area (Å²) in [6, 6.07) is 14.1. The summed E-state index contributed by atoms with van der Waals surface area (Å²) >= 11 is 3.29. The molecular formula is C13H10N2OS2. The van der Waals surface area contributed by atoms with E-state index in [1.165, 1.54) is 4.90 Å². The highest BCUT2D eigenvalue weighted by atomic mass is 32.2. The first-order valence-corrected chi connectivity index (χ1v) is 7.32. The number of hydrogen-bond donors (Lipinski definition) is 0. The molecule has 3 rings (SSSR count). The van der Waals surface area contributed by atoms with E-state index in [4.69, 9.17) is 4.42 Å². The molecule has 90 valence electrons. The van der Waals surface area contributed by atoms with Crippen LogP contribution in [0.3, 0.4) is 0 Å². The SMILES string of the molecule is c1ccc(SCc2nnc(-c3cccs3)o2)cc1. The molecule has 0 amide bonds. The first kappa shape index (κ1) is 11.5. The zero-order valence-corrected chi connectivity index (χ0v) is 11.1. The fourth-order valence-corrected chi connectivity index (χ4v) is 2.87. The van der Waals surface area contributed by atoms with Gasteiger partial charge in [-0.25, -0.2) is 0 Å². The predicted octanol–water partition coefficient (Wildman–Crippen LogP) is 4.09. The van der Waals surface area contributed by atoms with Crippen LogP contribution >= 0.6 is 23.1 Å². The minimum absolute atomic E-state index is 0.605. The van der Waals surface area contributed by atoms with E-state index in [0.717, 1.165) is 4.88 Å². The van der Waals surface area contributed by atoms with E-state index in [-0.39, 0.29) is 0 Å². The van der Waals surface area contributed by atoms with Crippen molar-refractivity contribution in [2.24, 2.45) is 0 Å². The summed E-state index contributed by atoms with van der Waals surface area (Å²) < 4.78 is 5.62. The van der Waals surface area contributed by atoms with E-state index in [0.29, 0.717) is 17.5 Å². The number of benzene rings is 1. The van der Waals surface area contributed by atoms with Crippen LogP contribution in [0, 0.1) is 0 Å². The van der Waals surface area contributed by atoms with Crippen LogP contribution in [0.1, 0.15) is 5.89 Å². The first-order valence-electron chi connectivity index (χ1n) is 5.46. The third-order valence-electron chi connectivity index (χ3n) is 2.30. The Kier molecular flexibility index (Phi) is 3.43. The van der Waals surface area contributed by atoms with Gasteiger partial charge in [-0.05, 0) is 23.6 Å². The molecule has 0 aliphatic rings. The van der Waals surface area contributed by atoms with Gasteiger partial charge in [0.25, 0.3) is 5.89 Å². The van der Waals surface area contributed by atoms with Gasteiger partial charge >= 0.3 is 0 Å². The van der Waals surface area contributed by atoms with E-state index in [1.54, 1.807) is 23.1 Å². The summed E-state index contributed by atoms with van der Waals surface area (Å²) in [5, 5.41) is 10.1. The Morgan fingerprint density at radius 2 is 1.94 bits per heavy atom.